The van der Waals surface area contributed by atoms with Gasteiger partial charge in [0.25, 0.3) is 5.91 Å². The van der Waals surface area contributed by atoms with Crippen LogP contribution in [0.2, 0.25) is 0 Å². The van der Waals surface area contributed by atoms with E-state index in [0.717, 1.165) is 0 Å². The van der Waals surface area contributed by atoms with Gasteiger partial charge in [-0.25, -0.2) is 0 Å². The predicted octanol–water partition coefficient (Wildman–Crippen LogP) is 0.952. The average molecular weight is 236 g/mol. The Hall–Kier alpha value is -2.04. The highest BCUT2D eigenvalue weighted by molar-refractivity contribution is 5.95. The van der Waals surface area contributed by atoms with E-state index < -0.39 is 0 Å². The molecular weight excluding hydrogens is 220 g/mol. The largest absolute Gasteiger partial charge is 0.466 e. The molecule has 0 aliphatic rings. The summed E-state index contributed by atoms with van der Waals surface area (Å²) in [6, 6.07) is 6.65. The number of nitrogens with two attached hydrogens (primary N) is 1. The molecule has 0 heterocycles. The molecule has 0 saturated carbocycles. The second kappa shape index (κ2) is 6.52. The van der Waals surface area contributed by atoms with Gasteiger partial charge in [0.1, 0.15) is 0 Å². The van der Waals surface area contributed by atoms with Gasteiger partial charge in [-0.15, -0.1) is 0 Å². The maximum absolute atomic E-state index is 11.6. The third-order valence-corrected chi connectivity index (χ3v) is 2.07. The first-order chi connectivity index (χ1) is 8.13. The molecule has 5 nitrogen and oxygen atoms in total. The van der Waals surface area contributed by atoms with Crippen molar-refractivity contribution < 1.29 is 14.3 Å². The minimum absolute atomic E-state index is 0.169. The zero-order valence-corrected chi connectivity index (χ0v) is 9.73. The molecule has 5 heteroatoms. The fourth-order valence-electron chi connectivity index (χ4n) is 1.29. The predicted molar refractivity (Wildman–Crippen MR) is 64.4 cm³/mol. The van der Waals surface area contributed by atoms with Crippen LogP contribution in [0.4, 0.5) is 5.69 Å². The first-order valence-electron chi connectivity index (χ1n) is 5.43. The number of carbonyl (C=O) groups is 2. The Morgan fingerprint density at radius 2 is 2.18 bits per heavy atom. The minimum atomic E-state index is -0.319. The van der Waals surface area contributed by atoms with Crippen LogP contribution in [0.3, 0.4) is 0 Å². The molecule has 0 aromatic heterocycles. The summed E-state index contributed by atoms with van der Waals surface area (Å²) in [6.45, 7) is 2.34. The number of hydrogen-bond donors (Lipinski definition) is 2. The Kier molecular flexibility index (Phi) is 5.00. The van der Waals surface area contributed by atoms with E-state index in [1.54, 1.807) is 31.2 Å². The number of nitrogens with one attached hydrogen (secondary N) is 1. The van der Waals surface area contributed by atoms with E-state index in [2.05, 4.69) is 5.32 Å². The molecule has 1 aromatic carbocycles. The van der Waals surface area contributed by atoms with Crippen molar-refractivity contribution in [1.29, 1.82) is 0 Å². The normalized spacial score (nSPS) is 9.71. The number of esters is 1. The van der Waals surface area contributed by atoms with Crippen LogP contribution in [0, 0.1) is 0 Å². The van der Waals surface area contributed by atoms with Gasteiger partial charge in [0.05, 0.1) is 13.0 Å². The summed E-state index contributed by atoms with van der Waals surface area (Å²) >= 11 is 0. The molecule has 17 heavy (non-hydrogen) atoms. The lowest BCUT2D eigenvalue weighted by atomic mass is 10.2. The van der Waals surface area contributed by atoms with Crippen LogP contribution in [-0.2, 0) is 9.53 Å². The molecule has 0 aliphatic heterocycles. The van der Waals surface area contributed by atoms with Crippen LogP contribution in [0.15, 0.2) is 24.3 Å². The molecular formula is C12H16N2O3. The Balaban J connectivity index is 2.38. The number of nitrogen functional groups attached to an aromatic ring is 1. The van der Waals surface area contributed by atoms with Crippen molar-refractivity contribution in [3.8, 4) is 0 Å². The zero-order chi connectivity index (χ0) is 12.7. The van der Waals surface area contributed by atoms with E-state index in [9.17, 15) is 9.59 Å². The van der Waals surface area contributed by atoms with Crippen molar-refractivity contribution in [1.82, 2.24) is 5.32 Å². The van der Waals surface area contributed by atoms with Gasteiger partial charge in [-0.2, -0.15) is 0 Å². The summed E-state index contributed by atoms with van der Waals surface area (Å²) in [5.41, 5.74) is 6.57. The van der Waals surface area contributed by atoms with Crippen molar-refractivity contribution in [3.05, 3.63) is 29.8 Å². The van der Waals surface area contributed by atoms with Crippen LogP contribution in [0.5, 0.6) is 0 Å². The highest BCUT2D eigenvalue weighted by atomic mass is 16.5. The standard InChI is InChI=1S/C12H16N2O3/c1-2-17-11(15)6-7-14-12(16)9-4-3-5-10(13)8-9/h3-5,8H,2,6-7,13H2,1H3,(H,14,16). The van der Waals surface area contributed by atoms with Gasteiger partial charge in [-0.1, -0.05) is 6.07 Å². The molecule has 0 aliphatic carbocycles. The lowest BCUT2D eigenvalue weighted by Crippen LogP contribution is -2.26. The topological polar surface area (TPSA) is 81.4 Å². The van der Waals surface area contributed by atoms with Crippen LogP contribution < -0.4 is 11.1 Å². The number of rotatable bonds is 5. The van der Waals surface area contributed by atoms with Crippen molar-refractivity contribution in [2.24, 2.45) is 0 Å². The molecule has 0 radical (unpaired) electrons. The number of carbonyl (C=O) groups excluding carboxylic acids is 2. The maximum Gasteiger partial charge on any atom is 0.307 e. The van der Waals surface area contributed by atoms with E-state index in [0.29, 0.717) is 17.9 Å². The fourth-order valence-corrected chi connectivity index (χ4v) is 1.29. The third kappa shape index (κ3) is 4.55. The Labute approximate surface area is 99.9 Å². The van der Waals surface area contributed by atoms with E-state index in [-0.39, 0.29) is 24.8 Å². The van der Waals surface area contributed by atoms with Crippen LogP contribution in [-0.4, -0.2) is 25.0 Å². The molecule has 1 rings (SSSR count). The molecule has 0 bridgehead atoms. The monoisotopic (exact) mass is 236 g/mol. The smallest absolute Gasteiger partial charge is 0.307 e. The highest BCUT2D eigenvalue weighted by Crippen LogP contribution is 2.05. The molecule has 0 saturated heterocycles. The van der Waals surface area contributed by atoms with Gasteiger partial charge >= 0.3 is 5.97 Å². The second-order valence-corrected chi connectivity index (χ2v) is 3.44. The molecule has 3 N–H and O–H groups in total. The van der Waals surface area contributed by atoms with Crippen molar-refractivity contribution in [2.75, 3.05) is 18.9 Å². The first kappa shape index (κ1) is 13.0. The summed E-state index contributed by atoms with van der Waals surface area (Å²) in [5.74, 6) is -0.568. The maximum atomic E-state index is 11.6. The number of benzene rings is 1. The Bertz CT molecular complexity index is 404. The van der Waals surface area contributed by atoms with Gasteiger partial charge < -0.3 is 15.8 Å². The van der Waals surface area contributed by atoms with Gasteiger partial charge in [-0.3, -0.25) is 9.59 Å². The van der Waals surface area contributed by atoms with Crippen LogP contribution >= 0.6 is 0 Å². The van der Waals surface area contributed by atoms with Crippen LogP contribution in [0.25, 0.3) is 0 Å². The summed E-state index contributed by atoms with van der Waals surface area (Å²) < 4.78 is 4.74. The van der Waals surface area contributed by atoms with Crippen LogP contribution in [0.1, 0.15) is 23.7 Å². The zero-order valence-electron chi connectivity index (χ0n) is 9.73. The van der Waals surface area contributed by atoms with E-state index in [1.807, 2.05) is 0 Å². The first-order valence-corrected chi connectivity index (χ1v) is 5.43. The number of amides is 1. The number of ether oxygens (including phenoxy) is 1. The van der Waals surface area contributed by atoms with Gasteiger partial charge in [0, 0.05) is 17.8 Å². The lowest BCUT2D eigenvalue weighted by Gasteiger charge is -2.05. The molecule has 92 valence electrons. The van der Waals surface area contributed by atoms with E-state index in [4.69, 9.17) is 10.5 Å². The number of hydrogen-bond acceptors (Lipinski definition) is 4. The second-order valence-electron chi connectivity index (χ2n) is 3.44. The molecule has 0 spiro atoms. The minimum Gasteiger partial charge on any atom is -0.466 e. The Morgan fingerprint density at radius 1 is 1.41 bits per heavy atom. The molecule has 1 amide bonds. The lowest BCUT2D eigenvalue weighted by molar-refractivity contribution is -0.142. The molecule has 0 fully saturated rings. The van der Waals surface area contributed by atoms with Crippen molar-refractivity contribution >= 4 is 17.6 Å². The van der Waals surface area contributed by atoms with E-state index in [1.165, 1.54) is 0 Å². The molecule has 0 atom stereocenters. The highest BCUT2D eigenvalue weighted by Gasteiger charge is 2.06. The Morgan fingerprint density at radius 3 is 2.82 bits per heavy atom. The summed E-state index contributed by atoms with van der Waals surface area (Å²) in [7, 11) is 0. The molecule has 0 unspecified atom stereocenters. The summed E-state index contributed by atoms with van der Waals surface area (Å²) in [5, 5.41) is 2.62. The SMILES string of the molecule is CCOC(=O)CCNC(=O)c1cccc(N)c1. The third-order valence-electron chi connectivity index (χ3n) is 2.07. The summed E-state index contributed by atoms with van der Waals surface area (Å²) in [4.78, 5) is 22.6. The van der Waals surface area contributed by atoms with Crippen molar-refractivity contribution in [3.63, 3.8) is 0 Å². The van der Waals surface area contributed by atoms with Gasteiger partial charge in [0.2, 0.25) is 0 Å². The van der Waals surface area contributed by atoms with Gasteiger partial charge in [-0.05, 0) is 25.1 Å². The average Bonchev–Trinajstić information content (AvgIpc) is 2.29. The fraction of sp³-hybridized carbons (Fsp3) is 0.333. The number of anilines is 1. The van der Waals surface area contributed by atoms with Crippen molar-refractivity contribution in [2.45, 2.75) is 13.3 Å². The quantitative estimate of drug-likeness (QED) is 0.589. The molecule has 1 aromatic rings. The van der Waals surface area contributed by atoms with E-state index >= 15 is 0 Å². The van der Waals surface area contributed by atoms with Gasteiger partial charge in [0.15, 0.2) is 0 Å². The summed E-state index contributed by atoms with van der Waals surface area (Å²) in [6.07, 6.45) is 0.169.